The first-order valence-electron chi connectivity index (χ1n) is 3.50. The largest absolute Gasteiger partial charge is 0.463 e. The summed E-state index contributed by atoms with van der Waals surface area (Å²) in [5, 5.41) is 0. The molecule has 0 aliphatic heterocycles. The Morgan fingerprint density at radius 2 is 2.18 bits per heavy atom. The van der Waals surface area contributed by atoms with Crippen LogP contribution in [0.1, 0.15) is 6.92 Å². The molecule has 0 aromatic heterocycles. The molecule has 0 rings (SSSR count). The Morgan fingerprint density at radius 3 is 2.55 bits per heavy atom. The van der Waals surface area contributed by atoms with Gasteiger partial charge in [0.05, 0.1) is 6.61 Å². The Morgan fingerprint density at radius 1 is 1.64 bits per heavy atom. The normalized spacial score (nSPS) is 12.0. The van der Waals surface area contributed by atoms with Crippen molar-refractivity contribution in [2.45, 2.75) is 20.0 Å². The molecule has 0 aliphatic carbocycles. The molecule has 0 saturated heterocycles. The average molecular weight is 193 g/mol. The van der Waals surface area contributed by atoms with Crippen molar-refractivity contribution < 1.29 is 9.53 Å². The van der Waals surface area contributed by atoms with E-state index in [1.165, 1.54) is 6.08 Å². The number of hydrogen-bond acceptors (Lipinski definition) is 2. The summed E-state index contributed by atoms with van der Waals surface area (Å²) in [6, 6.07) is 0. The fourth-order valence-electron chi connectivity index (χ4n) is 0.457. The number of carbonyl (C=O) groups excluding carboxylic acids is 1. The minimum atomic E-state index is -1.76. The predicted molar refractivity (Wildman–Crippen MR) is 49.1 cm³/mol. The van der Waals surface area contributed by atoms with Crippen molar-refractivity contribution in [3.8, 4) is 0 Å². The average Bonchev–Trinajstić information content (AvgIpc) is 1.83. The van der Waals surface area contributed by atoms with Crippen LogP contribution < -0.4 is 0 Å². The second-order valence-electron chi connectivity index (χ2n) is 2.65. The monoisotopic (exact) mass is 192 g/mol. The molecule has 0 atom stereocenters. The number of ether oxygens (including phenoxy) is 1. The van der Waals surface area contributed by atoms with Crippen molar-refractivity contribution in [2.75, 3.05) is 6.61 Å². The molecule has 0 amide bonds. The van der Waals surface area contributed by atoms with E-state index in [4.69, 9.17) is 11.1 Å². The summed E-state index contributed by atoms with van der Waals surface area (Å²) in [5.41, 5.74) is 1.74. The van der Waals surface area contributed by atoms with Gasteiger partial charge in [-0.1, -0.05) is 18.8 Å². The lowest BCUT2D eigenvalue weighted by Gasteiger charge is -2.03. The van der Waals surface area contributed by atoms with Gasteiger partial charge in [0.25, 0.3) is 0 Å². The van der Waals surface area contributed by atoms with Crippen LogP contribution in [0, 0.1) is 0 Å². The predicted octanol–water partition coefficient (Wildman–Crippen LogP) is 2.09. The molecule has 2 nitrogen and oxygen atoms in total. The van der Waals surface area contributed by atoms with E-state index in [0.717, 1.165) is 0 Å². The highest BCUT2D eigenvalue weighted by atomic mass is 35.6. The van der Waals surface area contributed by atoms with E-state index in [2.05, 4.69) is 4.74 Å². The Hall–Kier alpha value is -0.283. The van der Waals surface area contributed by atoms with Crippen LogP contribution in [0.15, 0.2) is 11.8 Å². The van der Waals surface area contributed by atoms with Crippen LogP contribution in [0.4, 0.5) is 0 Å². The lowest BCUT2D eigenvalue weighted by Crippen LogP contribution is -2.13. The topological polar surface area (TPSA) is 26.3 Å². The Bertz CT molecular complexity index is 160. The van der Waals surface area contributed by atoms with Gasteiger partial charge >= 0.3 is 5.97 Å². The van der Waals surface area contributed by atoms with Gasteiger partial charge in [0.2, 0.25) is 0 Å². The Kier molecular flexibility index (Phi) is 4.45. The summed E-state index contributed by atoms with van der Waals surface area (Å²) in [6.07, 6.45) is 1.41. The van der Waals surface area contributed by atoms with Gasteiger partial charge in [-0.3, -0.25) is 0 Å². The summed E-state index contributed by atoms with van der Waals surface area (Å²) in [5.74, 6) is -0.311. The van der Waals surface area contributed by atoms with Gasteiger partial charge in [0, 0.05) is 6.08 Å². The first-order chi connectivity index (χ1) is 4.95. The van der Waals surface area contributed by atoms with Gasteiger partial charge in [-0.15, -0.1) is 0 Å². The van der Waals surface area contributed by atoms with Gasteiger partial charge in [-0.25, -0.2) is 4.79 Å². The number of hydrogen-bond donors (Lipinski definition) is 0. The third kappa shape index (κ3) is 7.62. The third-order valence-electron chi connectivity index (χ3n) is 0.902. The van der Waals surface area contributed by atoms with Crippen LogP contribution in [-0.2, 0) is 9.53 Å². The number of rotatable bonds is 3. The first kappa shape index (κ1) is 10.7. The summed E-state index contributed by atoms with van der Waals surface area (Å²) in [7, 11) is -1.76. The second kappa shape index (κ2) is 4.57. The lowest BCUT2D eigenvalue weighted by molar-refractivity contribution is -0.137. The van der Waals surface area contributed by atoms with E-state index in [0.29, 0.717) is 6.61 Å². The molecular weight excluding hydrogens is 180 g/mol. The summed E-state index contributed by atoms with van der Waals surface area (Å²) >= 11 is 5.92. The van der Waals surface area contributed by atoms with Crippen molar-refractivity contribution in [3.63, 3.8) is 0 Å². The molecule has 0 radical (unpaired) electrons. The molecule has 0 aliphatic rings. The quantitative estimate of drug-likeness (QED) is 0.296. The number of carbonyl (C=O) groups is 1. The molecule has 11 heavy (non-hydrogen) atoms. The maximum Gasteiger partial charge on any atom is 0.330 e. The molecule has 0 N–H and O–H groups in total. The standard InChI is InChI=1S/C7H13ClO2Si/c1-4-10-7(9)5-6-11(2,3)8/h5-6H,4H2,1-3H3. The number of halogens is 1. The van der Waals surface area contributed by atoms with Crippen LogP contribution in [0.5, 0.6) is 0 Å². The van der Waals surface area contributed by atoms with Crippen molar-refractivity contribution in [3.05, 3.63) is 11.8 Å². The molecule has 64 valence electrons. The molecule has 0 unspecified atom stereocenters. The minimum Gasteiger partial charge on any atom is -0.463 e. The third-order valence-corrected chi connectivity index (χ3v) is 2.24. The van der Waals surface area contributed by atoms with Crippen molar-refractivity contribution >= 4 is 24.4 Å². The van der Waals surface area contributed by atoms with Crippen LogP contribution in [-0.4, -0.2) is 20.0 Å². The lowest BCUT2D eigenvalue weighted by atomic mass is 10.6. The highest BCUT2D eigenvalue weighted by Gasteiger charge is 2.12. The zero-order valence-electron chi connectivity index (χ0n) is 7.06. The molecule has 4 heteroatoms. The fourth-order valence-corrected chi connectivity index (χ4v) is 1.18. The van der Waals surface area contributed by atoms with Crippen LogP contribution in [0.3, 0.4) is 0 Å². The zero-order valence-corrected chi connectivity index (χ0v) is 8.81. The molecule has 0 heterocycles. The molecule has 0 spiro atoms. The van der Waals surface area contributed by atoms with Crippen LogP contribution in [0.25, 0.3) is 0 Å². The Balaban J connectivity index is 3.83. The maximum atomic E-state index is 10.7. The molecule has 0 aromatic rings. The Labute approximate surface area is 72.9 Å². The highest BCUT2D eigenvalue weighted by Crippen LogP contribution is 2.08. The fraction of sp³-hybridized carbons (Fsp3) is 0.571. The van der Waals surface area contributed by atoms with Crippen molar-refractivity contribution in [2.24, 2.45) is 0 Å². The van der Waals surface area contributed by atoms with Crippen LogP contribution >= 0.6 is 11.1 Å². The minimum absolute atomic E-state index is 0.311. The molecular formula is C7H13ClO2Si. The molecule has 0 fully saturated rings. The first-order valence-corrected chi connectivity index (χ1v) is 7.59. The van der Waals surface area contributed by atoms with E-state index in [1.807, 2.05) is 13.1 Å². The smallest absolute Gasteiger partial charge is 0.330 e. The second-order valence-corrected chi connectivity index (χ2v) is 9.03. The van der Waals surface area contributed by atoms with Gasteiger partial charge in [-0.05, 0) is 6.92 Å². The van der Waals surface area contributed by atoms with E-state index < -0.39 is 7.38 Å². The van der Waals surface area contributed by atoms with Crippen molar-refractivity contribution in [1.82, 2.24) is 0 Å². The van der Waals surface area contributed by atoms with Gasteiger partial charge in [0.15, 0.2) is 7.38 Å². The summed E-state index contributed by atoms with van der Waals surface area (Å²) in [4.78, 5) is 10.7. The van der Waals surface area contributed by atoms with Crippen molar-refractivity contribution in [1.29, 1.82) is 0 Å². The van der Waals surface area contributed by atoms with Gasteiger partial charge in [0.1, 0.15) is 0 Å². The van der Waals surface area contributed by atoms with Crippen LogP contribution in [0.2, 0.25) is 13.1 Å². The summed E-state index contributed by atoms with van der Waals surface area (Å²) < 4.78 is 4.68. The number of esters is 1. The van der Waals surface area contributed by atoms with E-state index in [-0.39, 0.29) is 5.97 Å². The van der Waals surface area contributed by atoms with E-state index in [9.17, 15) is 4.79 Å². The SMILES string of the molecule is CCOC(=O)C=C[Si](C)(C)Cl. The molecule has 0 bridgehead atoms. The maximum absolute atomic E-state index is 10.7. The van der Waals surface area contributed by atoms with E-state index in [1.54, 1.807) is 12.6 Å². The van der Waals surface area contributed by atoms with Gasteiger partial charge in [-0.2, -0.15) is 11.1 Å². The molecule has 0 saturated carbocycles. The zero-order chi connectivity index (χ0) is 8.91. The molecule has 0 aromatic carbocycles. The highest BCUT2D eigenvalue weighted by molar-refractivity contribution is 7.21. The van der Waals surface area contributed by atoms with E-state index >= 15 is 0 Å². The summed E-state index contributed by atoms with van der Waals surface area (Å²) in [6.45, 7) is 6.05. The van der Waals surface area contributed by atoms with Gasteiger partial charge < -0.3 is 4.74 Å².